The van der Waals surface area contributed by atoms with Crippen LogP contribution in [0.25, 0.3) is 0 Å². The zero-order valence-corrected chi connectivity index (χ0v) is 9.80. The highest BCUT2D eigenvalue weighted by Crippen LogP contribution is 2.54. The number of nitrogens with two attached hydrogens (primary N) is 1. The van der Waals surface area contributed by atoms with Gasteiger partial charge in [-0.1, -0.05) is 0 Å². The van der Waals surface area contributed by atoms with Crippen molar-refractivity contribution in [1.82, 2.24) is 0 Å². The van der Waals surface area contributed by atoms with Crippen molar-refractivity contribution < 1.29 is 8.78 Å². The van der Waals surface area contributed by atoms with Gasteiger partial charge in [-0.15, -0.1) is 11.3 Å². The molecule has 0 aliphatic heterocycles. The van der Waals surface area contributed by atoms with E-state index in [9.17, 15) is 8.78 Å². The van der Waals surface area contributed by atoms with Gasteiger partial charge in [0, 0.05) is 29.7 Å². The monoisotopic (exact) mass is 281 g/mol. The summed E-state index contributed by atoms with van der Waals surface area (Å²) < 4.78 is 26.7. The van der Waals surface area contributed by atoms with Gasteiger partial charge in [0.2, 0.25) is 5.92 Å². The first-order chi connectivity index (χ1) is 6.47. The largest absolute Gasteiger partial charge is 0.330 e. The Kier molecular flexibility index (Phi) is 2.44. The smallest absolute Gasteiger partial charge is 0.250 e. The molecule has 0 saturated heterocycles. The van der Waals surface area contributed by atoms with Gasteiger partial charge in [0.05, 0.1) is 3.79 Å². The maximum atomic E-state index is 12.8. The van der Waals surface area contributed by atoms with Crippen molar-refractivity contribution in [2.24, 2.45) is 5.73 Å². The van der Waals surface area contributed by atoms with Gasteiger partial charge < -0.3 is 5.73 Å². The topological polar surface area (TPSA) is 26.0 Å². The lowest BCUT2D eigenvalue weighted by Crippen LogP contribution is -2.53. The average Bonchev–Trinajstić information content (AvgIpc) is 2.47. The molecule has 1 aliphatic rings. The molecule has 1 aliphatic carbocycles. The van der Waals surface area contributed by atoms with Gasteiger partial charge in [-0.05, 0) is 28.1 Å². The molecule has 0 radical (unpaired) electrons. The molecule has 2 N–H and O–H groups in total. The van der Waals surface area contributed by atoms with Crippen LogP contribution in [0.15, 0.2) is 15.9 Å². The number of thiophene rings is 1. The Hall–Kier alpha value is -0.0000000000000000833. The van der Waals surface area contributed by atoms with Crippen molar-refractivity contribution in [2.75, 3.05) is 6.54 Å². The second kappa shape index (κ2) is 3.25. The molecule has 0 unspecified atom stereocenters. The molecule has 0 atom stereocenters. The highest BCUT2D eigenvalue weighted by atomic mass is 79.9. The van der Waals surface area contributed by atoms with Gasteiger partial charge in [0.15, 0.2) is 0 Å². The summed E-state index contributed by atoms with van der Waals surface area (Å²) in [7, 11) is 0. The molecule has 2 rings (SSSR count). The maximum Gasteiger partial charge on any atom is 0.250 e. The van der Waals surface area contributed by atoms with Crippen molar-refractivity contribution in [3.05, 3.63) is 20.8 Å². The van der Waals surface area contributed by atoms with Crippen molar-refractivity contribution in [3.63, 3.8) is 0 Å². The molecule has 0 spiro atoms. The summed E-state index contributed by atoms with van der Waals surface area (Å²) in [5.41, 5.74) is 5.12. The first-order valence-corrected chi connectivity index (χ1v) is 5.92. The Morgan fingerprint density at radius 1 is 1.43 bits per heavy atom. The van der Waals surface area contributed by atoms with Gasteiger partial charge >= 0.3 is 0 Å². The van der Waals surface area contributed by atoms with Crippen LogP contribution in [0, 0.1) is 0 Å². The second-order valence-corrected chi connectivity index (χ2v) is 6.26. The Balaban J connectivity index is 2.24. The minimum atomic E-state index is -2.52. The van der Waals surface area contributed by atoms with Crippen molar-refractivity contribution in [2.45, 2.75) is 24.2 Å². The predicted octanol–water partition coefficient (Wildman–Crippen LogP) is 3.14. The summed E-state index contributed by atoms with van der Waals surface area (Å²) in [5.74, 6) is -2.52. The number of rotatable bonds is 2. The third-order valence-corrected chi connectivity index (χ3v) is 4.55. The Labute approximate surface area is 93.4 Å². The van der Waals surface area contributed by atoms with E-state index >= 15 is 0 Å². The van der Waals surface area contributed by atoms with E-state index in [0.29, 0.717) is 6.54 Å². The fourth-order valence-electron chi connectivity index (χ4n) is 1.96. The number of hydrogen-bond acceptors (Lipinski definition) is 2. The molecule has 1 aromatic heterocycles. The van der Waals surface area contributed by atoms with Crippen LogP contribution in [0.2, 0.25) is 0 Å². The van der Waals surface area contributed by atoms with Crippen molar-refractivity contribution in [3.8, 4) is 0 Å². The van der Waals surface area contributed by atoms with E-state index in [1.165, 1.54) is 11.3 Å². The summed E-state index contributed by atoms with van der Waals surface area (Å²) in [5, 5.41) is 0. The average molecular weight is 282 g/mol. The molecule has 1 aromatic rings. The number of hydrogen-bond donors (Lipinski definition) is 1. The van der Waals surface area contributed by atoms with E-state index < -0.39 is 11.3 Å². The zero-order valence-electron chi connectivity index (χ0n) is 7.40. The van der Waals surface area contributed by atoms with Crippen molar-refractivity contribution in [1.29, 1.82) is 0 Å². The van der Waals surface area contributed by atoms with E-state index in [-0.39, 0.29) is 12.8 Å². The lowest BCUT2D eigenvalue weighted by atomic mass is 9.65. The Morgan fingerprint density at radius 2 is 2.07 bits per heavy atom. The van der Waals surface area contributed by atoms with Crippen LogP contribution in [0.4, 0.5) is 8.78 Å². The fraction of sp³-hybridized carbons (Fsp3) is 0.556. The first kappa shape index (κ1) is 10.5. The third-order valence-electron chi connectivity index (χ3n) is 2.68. The van der Waals surface area contributed by atoms with Crippen LogP contribution in [0.3, 0.4) is 0 Å². The van der Waals surface area contributed by atoms with Gasteiger partial charge in [-0.25, -0.2) is 8.78 Å². The van der Waals surface area contributed by atoms with Gasteiger partial charge in [-0.2, -0.15) is 0 Å². The third kappa shape index (κ3) is 1.61. The summed E-state index contributed by atoms with van der Waals surface area (Å²) in [6, 6.07) is 3.77. The Morgan fingerprint density at radius 3 is 2.43 bits per heavy atom. The quantitative estimate of drug-likeness (QED) is 0.886. The lowest BCUT2D eigenvalue weighted by Gasteiger charge is -2.46. The number of alkyl halides is 2. The SMILES string of the molecule is NCC1(c2ccc(Br)s2)CC(F)(F)C1. The van der Waals surface area contributed by atoms with E-state index in [0.717, 1.165) is 8.66 Å². The van der Waals surface area contributed by atoms with Crippen LogP contribution >= 0.6 is 27.3 Å². The van der Waals surface area contributed by atoms with Crippen molar-refractivity contribution >= 4 is 27.3 Å². The molecule has 1 saturated carbocycles. The normalized spacial score (nSPS) is 23.1. The van der Waals surface area contributed by atoms with E-state index in [1.54, 1.807) is 0 Å². The number of halogens is 3. The van der Waals surface area contributed by atoms with Crippen LogP contribution in [-0.4, -0.2) is 12.5 Å². The summed E-state index contributed by atoms with van der Waals surface area (Å²) in [6.07, 6.45) is -0.215. The first-order valence-electron chi connectivity index (χ1n) is 4.31. The minimum absolute atomic E-state index is 0.108. The molecule has 5 heteroatoms. The van der Waals surface area contributed by atoms with Crippen LogP contribution in [0.5, 0.6) is 0 Å². The lowest BCUT2D eigenvalue weighted by molar-refractivity contribution is -0.122. The van der Waals surface area contributed by atoms with E-state index in [1.807, 2.05) is 12.1 Å². The highest BCUT2D eigenvalue weighted by molar-refractivity contribution is 9.11. The molecule has 1 heterocycles. The Bertz CT molecular complexity index is 342. The summed E-state index contributed by atoms with van der Waals surface area (Å²) in [6.45, 7) is 0.301. The van der Waals surface area contributed by atoms with Gasteiger partial charge in [-0.3, -0.25) is 0 Å². The molecule has 0 amide bonds. The molecule has 0 aromatic carbocycles. The highest BCUT2D eigenvalue weighted by Gasteiger charge is 2.57. The van der Waals surface area contributed by atoms with Crippen LogP contribution in [-0.2, 0) is 5.41 Å². The zero-order chi connectivity index (χ0) is 10.4. The standard InChI is InChI=1S/C9H10BrF2NS/c10-7-2-1-6(14-7)8(5-13)3-9(11,12)4-8/h1-2H,3-5,13H2. The molecule has 1 fully saturated rings. The summed E-state index contributed by atoms with van der Waals surface area (Å²) >= 11 is 4.82. The van der Waals surface area contributed by atoms with Gasteiger partial charge in [0.25, 0.3) is 0 Å². The van der Waals surface area contributed by atoms with Crippen LogP contribution in [0.1, 0.15) is 17.7 Å². The molecular formula is C9H10BrF2NS. The molecule has 1 nitrogen and oxygen atoms in total. The van der Waals surface area contributed by atoms with E-state index in [2.05, 4.69) is 15.9 Å². The summed E-state index contributed by atoms with van der Waals surface area (Å²) in [4.78, 5) is 0.970. The van der Waals surface area contributed by atoms with E-state index in [4.69, 9.17) is 5.73 Å². The van der Waals surface area contributed by atoms with Crippen LogP contribution < -0.4 is 5.73 Å². The molecule has 0 bridgehead atoms. The molecular weight excluding hydrogens is 272 g/mol. The molecule has 14 heavy (non-hydrogen) atoms. The maximum absolute atomic E-state index is 12.8. The molecule has 78 valence electrons. The minimum Gasteiger partial charge on any atom is -0.330 e. The predicted molar refractivity (Wildman–Crippen MR) is 56.9 cm³/mol. The second-order valence-electron chi connectivity index (χ2n) is 3.80. The fourth-order valence-corrected chi connectivity index (χ4v) is 3.54. The van der Waals surface area contributed by atoms with Gasteiger partial charge in [0.1, 0.15) is 0 Å².